The predicted octanol–water partition coefficient (Wildman–Crippen LogP) is 3.19. The minimum Gasteiger partial charge on any atom is -0.306 e. The number of carbonyl (C=O) groups is 1. The van der Waals surface area contributed by atoms with Gasteiger partial charge in [0.2, 0.25) is 0 Å². The average Bonchev–Trinajstić information content (AvgIpc) is 3.03. The first-order chi connectivity index (χ1) is 12.6. The first kappa shape index (κ1) is 17.6. The van der Waals surface area contributed by atoms with Crippen LogP contribution in [-0.4, -0.2) is 54.4 Å². The van der Waals surface area contributed by atoms with Gasteiger partial charge >= 0.3 is 0 Å². The summed E-state index contributed by atoms with van der Waals surface area (Å²) in [5, 5.41) is 3.73. The molecule has 4 rings (SSSR count). The Hall–Kier alpha value is -1.76. The third-order valence-electron chi connectivity index (χ3n) is 5.39. The number of fused-ring (bicyclic) bond motifs is 1. The molecule has 6 heteroatoms. The number of carbonyl (C=O) groups excluding carboxylic acids is 1. The largest absolute Gasteiger partial charge is 0.306 e. The second kappa shape index (κ2) is 7.47. The monoisotopic (exact) mass is 370 g/mol. The third kappa shape index (κ3) is 3.82. The molecule has 2 aliphatic heterocycles. The lowest BCUT2D eigenvalue weighted by Gasteiger charge is -2.30. The maximum atomic E-state index is 12.7. The Morgan fingerprint density at radius 1 is 1.27 bits per heavy atom. The van der Waals surface area contributed by atoms with Crippen molar-refractivity contribution >= 4 is 22.4 Å². The normalized spacial score (nSPS) is 21.4. The summed E-state index contributed by atoms with van der Waals surface area (Å²) in [5.74, 6) is 0.458. The van der Waals surface area contributed by atoms with Gasteiger partial charge in [-0.25, -0.2) is 4.98 Å². The molecule has 1 saturated heterocycles. The summed E-state index contributed by atoms with van der Waals surface area (Å²) in [6.45, 7) is 4.19. The Morgan fingerprint density at radius 2 is 2.15 bits per heavy atom. The number of rotatable bonds is 3. The number of anilines is 1. The molecule has 0 bridgehead atoms. The molecule has 26 heavy (non-hydrogen) atoms. The summed E-state index contributed by atoms with van der Waals surface area (Å²) in [7, 11) is 4.29. The lowest BCUT2D eigenvalue weighted by molar-refractivity contribution is 0.102. The van der Waals surface area contributed by atoms with Crippen molar-refractivity contribution in [2.75, 3.05) is 39.0 Å². The van der Waals surface area contributed by atoms with Crippen LogP contribution in [-0.2, 0) is 13.0 Å². The number of aromatic nitrogens is 1. The topological polar surface area (TPSA) is 48.5 Å². The minimum atomic E-state index is -0.0598. The van der Waals surface area contributed by atoms with Crippen molar-refractivity contribution in [2.24, 2.45) is 0 Å². The standard InChI is InChI=1S/C20H26N4OS/c1-23-9-4-7-16(12-23)14-5-3-6-15(11-14)19(25)22-20-21-17-8-10-24(2)13-18(17)26-20/h3,5-6,11,16H,4,7-10,12-13H2,1-2H3,(H,21,22,25). The van der Waals surface area contributed by atoms with Crippen LogP contribution in [0.2, 0.25) is 0 Å². The van der Waals surface area contributed by atoms with E-state index in [1.807, 2.05) is 12.1 Å². The second-order valence-corrected chi connectivity index (χ2v) is 8.64. The van der Waals surface area contributed by atoms with Gasteiger partial charge in [0, 0.05) is 36.5 Å². The number of likely N-dealkylation sites (N-methyl/N-ethyl adjacent to an activating group) is 2. The van der Waals surface area contributed by atoms with Gasteiger partial charge in [0.25, 0.3) is 5.91 Å². The van der Waals surface area contributed by atoms with E-state index in [4.69, 9.17) is 0 Å². The number of thiazole rings is 1. The molecule has 1 N–H and O–H groups in total. The van der Waals surface area contributed by atoms with E-state index in [0.717, 1.165) is 42.4 Å². The van der Waals surface area contributed by atoms with E-state index >= 15 is 0 Å². The average molecular weight is 371 g/mol. The number of likely N-dealkylation sites (tertiary alicyclic amines) is 1. The maximum Gasteiger partial charge on any atom is 0.257 e. The van der Waals surface area contributed by atoms with E-state index in [2.05, 4.69) is 46.3 Å². The van der Waals surface area contributed by atoms with Crippen LogP contribution in [0.5, 0.6) is 0 Å². The molecule has 2 aromatic rings. The molecule has 1 unspecified atom stereocenters. The first-order valence-corrected chi connectivity index (χ1v) is 10.2. The van der Waals surface area contributed by atoms with Crippen molar-refractivity contribution in [3.05, 3.63) is 46.0 Å². The number of hydrogen-bond acceptors (Lipinski definition) is 5. The smallest absolute Gasteiger partial charge is 0.257 e. The number of amides is 1. The van der Waals surface area contributed by atoms with Gasteiger partial charge in [-0.05, 0) is 57.1 Å². The van der Waals surface area contributed by atoms with Crippen LogP contribution < -0.4 is 5.32 Å². The van der Waals surface area contributed by atoms with Gasteiger partial charge in [-0.3, -0.25) is 10.1 Å². The molecule has 5 nitrogen and oxygen atoms in total. The van der Waals surface area contributed by atoms with Gasteiger partial charge in [0.05, 0.1) is 5.69 Å². The molecule has 0 aliphatic carbocycles. The third-order valence-corrected chi connectivity index (χ3v) is 6.39. The van der Waals surface area contributed by atoms with Crippen molar-refractivity contribution in [3.63, 3.8) is 0 Å². The molecule has 1 aromatic heterocycles. The summed E-state index contributed by atoms with van der Waals surface area (Å²) >= 11 is 1.60. The summed E-state index contributed by atoms with van der Waals surface area (Å²) < 4.78 is 0. The molecule has 138 valence electrons. The van der Waals surface area contributed by atoms with Crippen LogP contribution in [0.3, 0.4) is 0 Å². The van der Waals surface area contributed by atoms with Crippen LogP contribution in [0.25, 0.3) is 0 Å². The first-order valence-electron chi connectivity index (χ1n) is 9.35. The minimum absolute atomic E-state index is 0.0598. The Balaban J connectivity index is 1.47. The van der Waals surface area contributed by atoms with Crippen LogP contribution in [0.15, 0.2) is 24.3 Å². The summed E-state index contributed by atoms with van der Waals surface area (Å²) in [6.07, 6.45) is 3.38. The second-order valence-electron chi connectivity index (χ2n) is 7.56. The van der Waals surface area contributed by atoms with Crippen molar-refractivity contribution in [1.29, 1.82) is 0 Å². The molecule has 1 aromatic carbocycles. The van der Waals surface area contributed by atoms with Gasteiger partial charge in [-0.15, -0.1) is 11.3 Å². The molecule has 1 atom stereocenters. The molecule has 0 spiro atoms. The molecule has 1 amide bonds. The fourth-order valence-corrected chi connectivity index (χ4v) is 5.00. The van der Waals surface area contributed by atoms with Gasteiger partial charge < -0.3 is 9.80 Å². The fraction of sp³-hybridized carbons (Fsp3) is 0.500. The summed E-state index contributed by atoms with van der Waals surface area (Å²) in [6, 6.07) is 8.10. The number of hydrogen-bond donors (Lipinski definition) is 1. The lowest BCUT2D eigenvalue weighted by Crippen LogP contribution is -2.30. The van der Waals surface area contributed by atoms with E-state index in [9.17, 15) is 4.79 Å². The predicted molar refractivity (Wildman–Crippen MR) is 106 cm³/mol. The number of nitrogens with zero attached hydrogens (tertiary/aromatic N) is 3. The van der Waals surface area contributed by atoms with E-state index in [1.54, 1.807) is 11.3 Å². The van der Waals surface area contributed by atoms with E-state index in [-0.39, 0.29) is 5.91 Å². The molecular weight excluding hydrogens is 344 g/mol. The Kier molecular flexibility index (Phi) is 5.07. The van der Waals surface area contributed by atoms with Crippen molar-refractivity contribution < 1.29 is 4.79 Å². The number of benzene rings is 1. The molecular formula is C20H26N4OS. The van der Waals surface area contributed by atoms with E-state index in [0.29, 0.717) is 5.92 Å². The van der Waals surface area contributed by atoms with Crippen molar-refractivity contribution in [3.8, 4) is 0 Å². The van der Waals surface area contributed by atoms with Crippen LogP contribution in [0.1, 0.15) is 45.3 Å². The highest BCUT2D eigenvalue weighted by Gasteiger charge is 2.21. The fourth-order valence-electron chi connectivity index (χ4n) is 3.92. The highest BCUT2D eigenvalue weighted by molar-refractivity contribution is 7.15. The zero-order valence-corrected chi connectivity index (χ0v) is 16.3. The molecule has 0 saturated carbocycles. The van der Waals surface area contributed by atoms with Gasteiger partial charge in [0.1, 0.15) is 0 Å². The number of piperidine rings is 1. The summed E-state index contributed by atoms with van der Waals surface area (Å²) in [5.41, 5.74) is 3.13. The zero-order chi connectivity index (χ0) is 18.1. The van der Waals surface area contributed by atoms with Gasteiger partial charge in [-0.2, -0.15) is 0 Å². The van der Waals surface area contributed by atoms with Crippen LogP contribution in [0.4, 0.5) is 5.13 Å². The Morgan fingerprint density at radius 3 is 3.00 bits per heavy atom. The van der Waals surface area contributed by atoms with E-state index < -0.39 is 0 Å². The molecule has 3 heterocycles. The lowest BCUT2D eigenvalue weighted by atomic mass is 9.90. The SMILES string of the molecule is CN1CCc2nc(NC(=O)c3cccc(C4CCCN(C)C4)c3)sc2C1. The molecule has 0 radical (unpaired) electrons. The Bertz CT molecular complexity index is 803. The molecule has 2 aliphatic rings. The maximum absolute atomic E-state index is 12.7. The van der Waals surface area contributed by atoms with Crippen LogP contribution >= 0.6 is 11.3 Å². The molecule has 1 fully saturated rings. The highest BCUT2D eigenvalue weighted by Crippen LogP contribution is 2.29. The zero-order valence-electron chi connectivity index (χ0n) is 15.5. The number of nitrogens with one attached hydrogen (secondary N) is 1. The summed E-state index contributed by atoms with van der Waals surface area (Å²) in [4.78, 5) is 23.3. The van der Waals surface area contributed by atoms with Crippen molar-refractivity contribution in [2.45, 2.75) is 31.7 Å². The highest BCUT2D eigenvalue weighted by atomic mass is 32.1. The van der Waals surface area contributed by atoms with E-state index in [1.165, 1.54) is 29.8 Å². The van der Waals surface area contributed by atoms with Crippen LogP contribution in [0, 0.1) is 0 Å². The van der Waals surface area contributed by atoms with Gasteiger partial charge in [0.15, 0.2) is 5.13 Å². The van der Waals surface area contributed by atoms with Gasteiger partial charge in [-0.1, -0.05) is 12.1 Å². The quantitative estimate of drug-likeness (QED) is 0.901. The van der Waals surface area contributed by atoms with Crippen molar-refractivity contribution in [1.82, 2.24) is 14.8 Å². The Labute approximate surface area is 159 Å².